The summed E-state index contributed by atoms with van der Waals surface area (Å²) in [4.78, 5) is 12.1. The van der Waals surface area contributed by atoms with Gasteiger partial charge in [-0.3, -0.25) is 4.79 Å². The number of nitrogens with one attached hydrogen (secondary N) is 2. The molecule has 3 heteroatoms. The molecule has 4 fully saturated rings. The molecule has 4 aliphatic carbocycles. The zero-order valence-corrected chi connectivity index (χ0v) is 12.6. The van der Waals surface area contributed by atoms with Gasteiger partial charge >= 0.3 is 0 Å². The van der Waals surface area contributed by atoms with Gasteiger partial charge in [-0.25, -0.2) is 0 Å². The van der Waals surface area contributed by atoms with E-state index in [0.29, 0.717) is 17.4 Å². The topological polar surface area (TPSA) is 41.1 Å². The third kappa shape index (κ3) is 2.42. The van der Waals surface area contributed by atoms with Crippen molar-refractivity contribution >= 4 is 5.91 Å². The molecule has 4 rings (SSSR count). The Morgan fingerprint density at radius 2 is 1.74 bits per heavy atom. The number of hydrogen-bond donors (Lipinski definition) is 2. The first-order chi connectivity index (χ1) is 8.86. The summed E-state index contributed by atoms with van der Waals surface area (Å²) in [6, 6.07) is 0. The van der Waals surface area contributed by atoms with Gasteiger partial charge in [-0.15, -0.1) is 0 Å². The Morgan fingerprint density at radius 3 is 2.26 bits per heavy atom. The van der Waals surface area contributed by atoms with Crippen LogP contribution in [0.15, 0.2) is 0 Å². The predicted octanol–water partition coefficient (Wildman–Crippen LogP) is 2.46. The Labute approximate surface area is 116 Å². The molecule has 108 valence electrons. The Morgan fingerprint density at radius 1 is 1.11 bits per heavy atom. The minimum Gasteiger partial charge on any atom is -0.350 e. The lowest BCUT2D eigenvalue weighted by molar-refractivity contribution is -0.139. The normalized spacial score (nSPS) is 47.4. The van der Waals surface area contributed by atoms with Crippen LogP contribution in [0.1, 0.15) is 59.3 Å². The van der Waals surface area contributed by atoms with Gasteiger partial charge in [0.25, 0.3) is 0 Å². The molecule has 0 aromatic carbocycles. The van der Waals surface area contributed by atoms with Crippen LogP contribution in [-0.4, -0.2) is 24.5 Å². The molecule has 0 aromatic rings. The van der Waals surface area contributed by atoms with Crippen molar-refractivity contribution in [1.82, 2.24) is 10.6 Å². The molecule has 3 nitrogen and oxygen atoms in total. The van der Waals surface area contributed by atoms with Crippen molar-refractivity contribution in [3.63, 3.8) is 0 Å². The van der Waals surface area contributed by atoms with Gasteiger partial charge in [-0.2, -0.15) is 0 Å². The Hall–Kier alpha value is -0.570. The number of hydrogen-bond acceptors (Lipinski definition) is 2. The van der Waals surface area contributed by atoms with E-state index in [-0.39, 0.29) is 11.4 Å². The standard InChI is InChI=1S/C16H28N2O/c1-4-17-8-13(19)18-16-7-12-5-14(2,10-16)9-15(3,6-12)11-16/h12,17H,4-11H2,1-3H3,(H,18,19). The van der Waals surface area contributed by atoms with E-state index in [0.717, 1.165) is 12.5 Å². The Balaban J connectivity index is 1.75. The average Bonchev–Trinajstić information content (AvgIpc) is 2.20. The van der Waals surface area contributed by atoms with Crippen LogP contribution in [0.4, 0.5) is 0 Å². The third-order valence-electron chi connectivity index (χ3n) is 5.57. The van der Waals surface area contributed by atoms with Crippen LogP contribution in [0.3, 0.4) is 0 Å². The lowest BCUT2D eigenvalue weighted by Crippen LogP contribution is -2.65. The maximum Gasteiger partial charge on any atom is 0.234 e. The van der Waals surface area contributed by atoms with Gasteiger partial charge in [0.15, 0.2) is 0 Å². The number of carbonyl (C=O) groups excluding carboxylic acids is 1. The number of amides is 1. The summed E-state index contributed by atoms with van der Waals surface area (Å²) in [6.45, 7) is 8.26. The van der Waals surface area contributed by atoms with E-state index >= 15 is 0 Å². The average molecular weight is 264 g/mol. The summed E-state index contributed by atoms with van der Waals surface area (Å²) in [5.41, 5.74) is 1.05. The third-order valence-corrected chi connectivity index (χ3v) is 5.57. The molecule has 0 spiro atoms. The van der Waals surface area contributed by atoms with Gasteiger partial charge in [0.2, 0.25) is 5.91 Å². The highest BCUT2D eigenvalue weighted by Gasteiger charge is 2.60. The lowest BCUT2D eigenvalue weighted by Gasteiger charge is -2.65. The molecule has 0 radical (unpaired) electrons. The molecule has 2 N–H and O–H groups in total. The molecule has 0 aliphatic heterocycles. The predicted molar refractivity (Wildman–Crippen MR) is 76.8 cm³/mol. The molecule has 4 aliphatic rings. The van der Waals surface area contributed by atoms with Crippen LogP contribution in [0, 0.1) is 16.7 Å². The maximum absolute atomic E-state index is 12.1. The molecular weight excluding hydrogens is 236 g/mol. The largest absolute Gasteiger partial charge is 0.350 e. The Bertz CT molecular complexity index is 374. The summed E-state index contributed by atoms with van der Waals surface area (Å²) >= 11 is 0. The minimum absolute atomic E-state index is 0.107. The SMILES string of the molecule is CCNCC(=O)NC12CC3CC(C)(CC(C)(C3)C1)C2. The summed E-state index contributed by atoms with van der Waals surface area (Å²) in [6.07, 6.45) is 7.74. The highest BCUT2D eigenvalue weighted by Crippen LogP contribution is 2.66. The molecule has 4 saturated carbocycles. The highest BCUT2D eigenvalue weighted by molar-refractivity contribution is 5.79. The van der Waals surface area contributed by atoms with Crippen molar-refractivity contribution in [3.8, 4) is 0 Å². The van der Waals surface area contributed by atoms with E-state index in [2.05, 4.69) is 24.5 Å². The summed E-state index contributed by atoms with van der Waals surface area (Å²) < 4.78 is 0. The van der Waals surface area contributed by atoms with Crippen molar-refractivity contribution < 1.29 is 4.79 Å². The van der Waals surface area contributed by atoms with Crippen LogP contribution in [-0.2, 0) is 4.79 Å². The second kappa shape index (κ2) is 4.21. The summed E-state index contributed by atoms with van der Waals surface area (Å²) in [7, 11) is 0. The molecule has 2 atom stereocenters. The van der Waals surface area contributed by atoms with Gasteiger partial charge in [0, 0.05) is 5.54 Å². The van der Waals surface area contributed by atoms with Crippen molar-refractivity contribution in [2.75, 3.05) is 13.1 Å². The van der Waals surface area contributed by atoms with Crippen LogP contribution in [0.5, 0.6) is 0 Å². The van der Waals surface area contributed by atoms with Gasteiger partial charge in [0.1, 0.15) is 0 Å². The second-order valence-corrected chi connectivity index (χ2v) is 8.24. The molecule has 0 aromatic heterocycles. The first-order valence-corrected chi connectivity index (χ1v) is 7.88. The molecule has 0 saturated heterocycles. The van der Waals surface area contributed by atoms with E-state index in [9.17, 15) is 4.79 Å². The van der Waals surface area contributed by atoms with E-state index in [1.165, 1.54) is 38.5 Å². The van der Waals surface area contributed by atoms with Crippen molar-refractivity contribution in [2.24, 2.45) is 16.7 Å². The number of likely N-dealkylation sites (N-methyl/N-ethyl adjacent to an activating group) is 1. The first-order valence-electron chi connectivity index (χ1n) is 7.88. The molecule has 2 unspecified atom stereocenters. The quantitative estimate of drug-likeness (QED) is 0.819. The highest BCUT2D eigenvalue weighted by atomic mass is 16.2. The lowest BCUT2D eigenvalue weighted by atomic mass is 9.43. The van der Waals surface area contributed by atoms with Crippen molar-refractivity contribution in [3.05, 3.63) is 0 Å². The van der Waals surface area contributed by atoms with Gasteiger partial charge in [-0.05, 0) is 61.8 Å². The Kier molecular flexibility index (Phi) is 2.97. The zero-order chi connectivity index (χ0) is 13.7. The van der Waals surface area contributed by atoms with Gasteiger partial charge < -0.3 is 10.6 Å². The number of carbonyl (C=O) groups is 1. The molecule has 19 heavy (non-hydrogen) atoms. The monoisotopic (exact) mass is 264 g/mol. The van der Waals surface area contributed by atoms with Crippen molar-refractivity contribution in [1.29, 1.82) is 0 Å². The minimum atomic E-state index is 0.107. The van der Waals surface area contributed by atoms with Crippen LogP contribution in [0.25, 0.3) is 0 Å². The zero-order valence-electron chi connectivity index (χ0n) is 12.6. The van der Waals surface area contributed by atoms with Crippen LogP contribution >= 0.6 is 0 Å². The van der Waals surface area contributed by atoms with E-state index in [4.69, 9.17) is 0 Å². The van der Waals surface area contributed by atoms with Gasteiger partial charge in [-0.1, -0.05) is 20.8 Å². The fraction of sp³-hybridized carbons (Fsp3) is 0.938. The van der Waals surface area contributed by atoms with Crippen LogP contribution in [0.2, 0.25) is 0 Å². The van der Waals surface area contributed by atoms with Crippen LogP contribution < -0.4 is 10.6 Å². The molecule has 1 amide bonds. The first kappa shape index (κ1) is 13.4. The molecular formula is C16H28N2O. The second-order valence-electron chi connectivity index (χ2n) is 8.24. The fourth-order valence-corrected chi connectivity index (χ4v) is 6.17. The number of rotatable bonds is 4. The van der Waals surface area contributed by atoms with E-state index < -0.39 is 0 Å². The van der Waals surface area contributed by atoms with E-state index in [1.807, 2.05) is 6.92 Å². The smallest absolute Gasteiger partial charge is 0.234 e. The van der Waals surface area contributed by atoms with E-state index in [1.54, 1.807) is 0 Å². The van der Waals surface area contributed by atoms with Crippen molar-refractivity contribution in [2.45, 2.75) is 64.8 Å². The molecule has 4 bridgehead atoms. The molecule has 0 heterocycles. The fourth-order valence-electron chi connectivity index (χ4n) is 6.17. The summed E-state index contributed by atoms with van der Waals surface area (Å²) in [5, 5.41) is 6.55. The van der Waals surface area contributed by atoms with Gasteiger partial charge in [0.05, 0.1) is 6.54 Å². The maximum atomic E-state index is 12.1. The summed E-state index contributed by atoms with van der Waals surface area (Å²) in [5.74, 6) is 1.03.